The van der Waals surface area contributed by atoms with Crippen LogP contribution in [0, 0.1) is 11.3 Å². The minimum Gasteiger partial charge on any atom is -1.00 e. The number of hydrogen-bond acceptors (Lipinski definition) is 18. The molecule has 7 atom stereocenters. The van der Waals surface area contributed by atoms with E-state index in [1.165, 1.54) is 13.8 Å². The van der Waals surface area contributed by atoms with Crippen LogP contribution in [-0.2, 0) is 50.7 Å². The van der Waals surface area contributed by atoms with Crippen LogP contribution in [-0.4, -0.2) is 123 Å². The van der Waals surface area contributed by atoms with Crippen molar-refractivity contribution in [1.82, 2.24) is 30.2 Å². The monoisotopic (exact) mass is 861 g/mol. The van der Waals surface area contributed by atoms with Crippen molar-refractivity contribution in [1.29, 1.82) is 0 Å². The first kappa shape index (κ1) is 48.7. The molecule has 1 aliphatic heterocycles. The van der Waals surface area contributed by atoms with E-state index in [2.05, 4.69) is 34.4 Å². The van der Waals surface area contributed by atoms with Gasteiger partial charge in [-0.05, 0) is 0 Å². The summed E-state index contributed by atoms with van der Waals surface area (Å²) in [5.74, 6) is -1.22. The fraction of sp³-hybridized carbons (Fsp3) is 0.680. The molecule has 0 radical (unpaired) electrons. The average Bonchev–Trinajstić information content (AvgIpc) is 3.60. The van der Waals surface area contributed by atoms with E-state index in [4.69, 9.17) is 19.5 Å². The fourth-order valence-corrected chi connectivity index (χ4v) is 8.02. The van der Waals surface area contributed by atoms with Gasteiger partial charge in [0.1, 0.15) is 36.3 Å². The Labute approximate surface area is 335 Å². The Balaban J connectivity index is 0.00000756. The first-order valence-corrected chi connectivity index (χ1v) is 21.0. The van der Waals surface area contributed by atoms with Gasteiger partial charge in [-0.3, -0.25) is 32.5 Å². The van der Waals surface area contributed by atoms with E-state index >= 15 is 0 Å². The summed E-state index contributed by atoms with van der Waals surface area (Å²) in [5.41, 5.74) is 4.26. The number of aliphatic hydroxyl groups is 2. The van der Waals surface area contributed by atoms with Gasteiger partial charge in [-0.1, -0.05) is 39.5 Å². The van der Waals surface area contributed by atoms with Gasteiger partial charge < -0.3 is 52.3 Å². The van der Waals surface area contributed by atoms with E-state index in [1.54, 1.807) is 13.8 Å². The number of nitrogens with one attached hydrogen (secondary N) is 2. The summed E-state index contributed by atoms with van der Waals surface area (Å²) >= 11 is 1.08. The Morgan fingerprint density at radius 3 is 2.35 bits per heavy atom. The summed E-state index contributed by atoms with van der Waals surface area (Å²) in [5, 5.41) is 26.3. The Hall–Kier alpha value is -1.44. The molecule has 1 saturated heterocycles. The van der Waals surface area contributed by atoms with Crippen LogP contribution in [0.5, 0.6) is 0 Å². The normalized spacial score (nSPS) is 21.9. The van der Waals surface area contributed by atoms with Gasteiger partial charge in [-0.15, -0.1) is 0 Å². The van der Waals surface area contributed by atoms with Gasteiger partial charge in [0, 0.05) is 36.6 Å². The molecule has 0 spiro atoms. The number of nitrogen functional groups attached to an aromatic ring is 1. The molecule has 2 unspecified atom stereocenters. The molecule has 29 heteroatoms. The van der Waals surface area contributed by atoms with Crippen molar-refractivity contribution in [2.45, 2.75) is 64.8 Å². The molecule has 1 fully saturated rings. The summed E-state index contributed by atoms with van der Waals surface area (Å²) in [6, 6.07) is 0. The first-order chi connectivity index (χ1) is 24.4. The summed E-state index contributed by atoms with van der Waals surface area (Å²) in [7, 11) is -16.4. The largest absolute Gasteiger partial charge is 1.00 e. The van der Waals surface area contributed by atoms with Gasteiger partial charge in [0.15, 0.2) is 22.8 Å². The Bertz CT molecular complexity index is 1780. The zero-order valence-corrected chi connectivity index (χ0v) is 35.2. The number of aliphatic hydroxyl groups excluding tert-OH is 2. The fourth-order valence-electron chi connectivity index (χ4n) is 4.45. The van der Waals surface area contributed by atoms with Crippen LogP contribution in [0.25, 0.3) is 11.2 Å². The molecule has 2 amide bonds. The second kappa shape index (κ2) is 20.3. The van der Waals surface area contributed by atoms with E-state index in [1.807, 2.05) is 0 Å². The van der Waals surface area contributed by atoms with Gasteiger partial charge in [0.2, 0.25) is 11.8 Å². The second-order valence-corrected chi connectivity index (χ2v) is 17.7. The zero-order valence-electron chi connectivity index (χ0n) is 30.7. The number of nitrogens with zero attached hydrogens (tertiary/aromatic N) is 4. The van der Waals surface area contributed by atoms with Crippen molar-refractivity contribution >= 4 is 69.1 Å². The second-order valence-electron chi connectivity index (χ2n) is 12.4. The molecular formula is C25H43N7NaO17P3S. The van der Waals surface area contributed by atoms with Gasteiger partial charge in [-0.2, -0.15) is 4.31 Å². The van der Waals surface area contributed by atoms with Gasteiger partial charge >= 0.3 is 53.0 Å². The SMILES string of the molecule is CC(C)C(=O)SCCNC(=O)CCNC(=O)[C@H](O)C(C)(C)COP(=O)(O)OP(=O)(O)OC[C@H]1O[C@@H](n2cnc3c(N)ncnc32)[C@H](O)[C@@H]1OP(=O)(O)O.[H-].[Na+]. The number of amides is 2. The number of imidazole rings is 1. The van der Waals surface area contributed by atoms with E-state index in [9.17, 15) is 57.9 Å². The van der Waals surface area contributed by atoms with E-state index in [0.29, 0.717) is 5.75 Å². The summed E-state index contributed by atoms with van der Waals surface area (Å²) in [4.78, 5) is 86.9. The summed E-state index contributed by atoms with van der Waals surface area (Å²) < 4.78 is 61.9. The predicted molar refractivity (Wildman–Crippen MR) is 183 cm³/mol. The van der Waals surface area contributed by atoms with Crippen LogP contribution in [0.2, 0.25) is 0 Å². The molecule has 3 heterocycles. The van der Waals surface area contributed by atoms with Gasteiger partial charge in [-0.25, -0.2) is 28.6 Å². The molecule has 3 rings (SSSR count). The quantitative estimate of drug-likeness (QED) is 0.0353. The van der Waals surface area contributed by atoms with Crippen molar-refractivity contribution in [3.8, 4) is 0 Å². The van der Waals surface area contributed by atoms with E-state index in [0.717, 1.165) is 29.0 Å². The maximum Gasteiger partial charge on any atom is 1.00 e. The van der Waals surface area contributed by atoms with Crippen LogP contribution in [0.3, 0.4) is 0 Å². The molecule has 0 aliphatic carbocycles. The number of fused-ring (bicyclic) bond motifs is 1. The summed E-state index contributed by atoms with van der Waals surface area (Å²) in [6.07, 6.45) is -6.89. The number of phosphoric acid groups is 3. The minimum atomic E-state index is -5.56. The van der Waals surface area contributed by atoms with Crippen molar-refractivity contribution < 1.29 is 111 Å². The number of carbonyl (C=O) groups excluding carboxylic acids is 3. The van der Waals surface area contributed by atoms with Crippen molar-refractivity contribution in [2.24, 2.45) is 11.3 Å². The number of aromatic nitrogens is 4. The van der Waals surface area contributed by atoms with Crippen molar-refractivity contribution in [3.05, 3.63) is 12.7 Å². The van der Waals surface area contributed by atoms with Crippen LogP contribution >= 0.6 is 35.2 Å². The first-order valence-electron chi connectivity index (χ1n) is 15.5. The smallest absolute Gasteiger partial charge is 1.00 e. The minimum absolute atomic E-state index is 0. The number of rotatable bonds is 20. The topological polar surface area (TPSA) is 364 Å². The third kappa shape index (κ3) is 14.5. The number of nitrogens with two attached hydrogens (primary N) is 1. The average molecular weight is 862 g/mol. The molecular weight excluding hydrogens is 818 g/mol. The van der Waals surface area contributed by atoms with Crippen molar-refractivity contribution in [3.63, 3.8) is 0 Å². The number of ether oxygens (including phenoxy) is 1. The molecule has 10 N–H and O–H groups in total. The van der Waals surface area contributed by atoms with Gasteiger partial charge in [0.25, 0.3) is 0 Å². The Morgan fingerprint density at radius 1 is 1.07 bits per heavy atom. The number of hydrogen-bond donors (Lipinski definition) is 9. The third-order valence-electron chi connectivity index (χ3n) is 7.22. The predicted octanol–water partition coefficient (Wildman–Crippen LogP) is -3.56. The molecule has 0 bridgehead atoms. The van der Waals surface area contributed by atoms with Crippen LogP contribution < -0.4 is 45.9 Å². The maximum absolute atomic E-state index is 12.6. The number of carbonyl (C=O) groups is 3. The molecule has 302 valence electrons. The van der Waals surface area contributed by atoms with E-state index < -0.39 is 84.6 Å². The molecule has 1 aliphatic rings. The molecule has 2 aromatic heterocycles. The summed E-state index contributed by atoms with van der Waals surface area (Å²) in [6.45, 7) is 4.03. The third-order valence-corrected chi connectivity index (χ3v) is 11.5. The number of anilines is 1. The molecule has 54 heavy (non-hydrogen) atoms. The molecule has 2 aromatic rings. The van der Waals surface area contributed by atoms with Crippen LogP contribution in [0.1, 0.15) is 41.8 Å². The van der Waals surface area contributed by atoms with Crippen LogP contribution in [0.15, 0.2) is 12.7 Å². The van der Waals surface area contributed by atoms with E-state index in [-0.39, 0.29) is 78.5 Å². The molecule has 0 aromatic carbocycles. The zero-order chi connectivity index (χ0) is 39.9. The van der Waals surface area contributed by atoms with Crippen LogP contribution in [0.4, 0.5) is 5.82 Å². The Kier molecular flexibility index (Phi) is 18.3. The van der Waals surface area contributed by atoms with Crippen molar-refractivity contribution in [2.75, 3.05) is 37.8 Å². The molecule has 0 saturated carbocycles. The maximum atomic E-state index is 12.6. The Morgan fingerprint density at radius 2 is 1.72 bits per heavy atom. The number of phosphoric ester groups is 3. The standard InChI is InChI=1S/C25H42N7O17P3S.Na.H/c1-13(2)24(37)53-8-7-27-15(33)5-6-28-22(36)19(35)25(3,4)10-46-52(43,44)49-51(41,42)45-9-14-18(48-50(38,39)40)17(34)23(47-14)32-12-31-16-20(26)29-11-30-21(16)32;;/h11-14,17-19,23,34-35H,5-10H2,1-4H3,(H,27,33)(H,28,36)(H,41,42)(H,43,44)(H2,26,29,30)(H2,38,39,40);;/q;+1;-1/t14-,17-,18-,19+,23-;;/m1../s1. The van der Waals surface area contributed by atoms with Gasteiger partial charge in [0.05, 0.1) is 19.5 Å². The molecule has 24 nitrogen and oxygen atoms in total. The number of thioether (sulfide) groups is 1.